The SMILES string of the molecule is CCCCn1nc(C)c(C=Nn2c(-n3nc(C)cc3C)n[nH]c2=S)c1Cl. The predicted octanol–water partition coefficient (Wildman–Crippen LogP) is 3.58. The Hall–Kier alpha value is -2.26. The van der Waals surface area contributed by atoms with Gasteiger partial charge in [0.1, 0.15) is 5.15 Å². The molecule has 0 saturated heterocycles. The van der Waals surface area contributed by atoms with Gasteiger partial charge in [0.2, 0.25) is 4.77 Å². The van der Waals surface area contributed by atoms with Crippen LogP contribution in [-0.4, -0.2) is 40.6 Å². The van der Waals surface area contributed by atoms with Crippen LogP contribution in [0, 0.1) is 25.5 Å². The number of rotatable bonds is 6. The number of nitrogens with one attached hydrogen (secondary N) is 1. The number of hydrogen-bond acceptors (Lipinski definition) is 5. The highest BCUT2D eigenvalue weighted by Crippen LogP contribution is 2.19. The first-order chi connectivity index (χ1) is 12.4. The van der Waals surface area contributed by atoms with Crippen molar-refractivity contribution in [2.45, 2.75) is 47.1 Å². The Bertz CT molecular complexity index is 1010. The molecule has 0 aromatic carbocycles. The molecule has 0 atom stereocenters. The maximum Gasteiger partial charge on any atom is 0.271 e. The van der Waals surface area contributed by atoms with Gasteiger partial charge in [-0.05, 0) is 45.5 Å². The van der Waals surface area contributed by atoms with Gasteiger partial charge in [-0.1, -0.05) is 24.9 Å². The molecule has 3 aromatic rings. The molecule has 0 radical (unpaired) electrons. The molecule has 0 spiro atoms. The molecule has 3 heterocycles. The second kappa shape index (κ2) is 7.55. The van der Waals surface area contributed by atoms with E-state index in [1.54, 1.807) is 15.6 Å². The molecule has 0 aliphatic rings. The molecule has 0 bridgehead atoms. The maximum atomic E-state index is 6.46. The normalized spacial score (nSPS) is 11.7. The van der Waals surface area contributed by atoms with Crippen LogP contribution in [0.5, 0.6) is 0 Å². The summed E-state index contributed by atoms with van der Waals surface area (Å²) in [6.45, 7) is 8.70. The number of unbranched alkanes of at least 4 members (excludes halogenated alkanes) is 1. The number of halogens is 1. The first-order valence-corrected chi connectivity index (χ1v) is 9.19. The van der Waals surface area contributed by atoms with Crippen LogP contribution in [0.4, 0.5) is 0 Å². The summed E-state index contributed by atoms with van der Waals surface area (Å²) >= 11 is 11.8. The van der Waals surface area contributed by atoms with Crippen molar-refractivity contribution in [3.8, 4) is 5.95 Å². The molecule has 0 saturated carbocycles. The lowest BCUT2D eigenvalue weighted by Gasteiger charge is -2.03. The molecule has 26 heavy (non-hydrogen) atoms. The average Bonchev–Trinajstić information content (AvgIpc) is 3.20. The fraction of sp³-hybridized carbons (Fsp3) is 0.438. The number of aromatic amines is 1. The largest absolute Gasteiger partial charge is 0.271 e. The molecule has 138 valence electrons. The lowest BCUT2D eigenvalue weighted by atomic mass is 10.3. The molecule has 10 heteroatoms. The van der Waals surface area contributed by atoms with Crippen molar-refractivity contribution in [1.29, 1.82) is 0 Å². The van der Waals surface area contributed by atoms with Crippen LogP contribution in [0.1, 0.15) is 42.4 Å². The van der Waals surface area contributed by atoms with Crippen molar-refractivity contribution >= 4 is 30.0 Å². The van der Waals surface area contributed by atoms with E-state index < -0.39 is 0 Å². The molecule has 0 aliphatic heterocycles. The molecule has 0 unspecified atom stereocenters. The van der Waals surface area contributed by atoms with Crippen molar-refractivity contribution in [2.24, 2.45) is 5.10 Å². The van der Waals surface area contributed by atoms with Crippen molar-refractivity contribution in [3.05, 3.63) is 38.6 Å². The molecule has 0 aliphatic carbocycles. The Balaban J connectivity index is 1.98. The van der Waals surface area contributed by atoms with E-state index in [0.29, 0.717) is 15.9 Å². The molecule has 8 nitrogen and oxygen atoms in total. The van der Waals surface area contributed by atoms with E-state index in [9.17, 15) is 0 Å². The van der Waals surface area contributed by atoms with E-state index in [2.05, 4.69) is 32.4 Å². The zero-order valence-corrected chi connectivity index (χ0v) is 16.8. The highest BCUT2D eigenvalue weighted by molar-refractivity contribution is 7.71. The molecule has 0 fully saturated rings. The number of nitrogens with zero attached hydrogens (tertiary/aromatic N) is 7. The van der Waals surface area contributed by atoms with Gasteiger partial charge in [-0.25, -0.2) is 9.78 Å². The Kier molecular flexibility index (Phi) is 5.38. The van der Waals surface area contributed by atoms with Gasteiger partial charge in [-0.2, -0.15) is 20.0 Å². The summed E-state index contributed by atoms with van der Waals surface area (Å²) in [4.78, 5) is 0. The molecule has 3 rings (SSSR count). The molecular formula is C16H21ClN8S. The zero-order chi connectivity index (χ0) is 18.8. The number of aryl methyl sites for hydroxylation is 4. The van der Waals surface area contributed by atoms with Crippen LogP contribution in [0.15, 0.2) is 11.2 Å². The fourth-order valence-corrected chi connectivity index (χ4v) is 3.12. The van der Waals surface area contributed by atoms with E-state index in [4.69, 9.17) is 23.8 Å². The number of hydrogen-bond donors (Lipinski definition) is 1. The summed E-state index contributed by atoms with van der Waals surface area (Å²) in [7, 11) is 0. The quantitative estimate of drug-likeness (QED) is 0.513. The predicted molar refractivity (Wildman–Crippen MR) is 104 cm³/mol. The summed E-state index contributed by atoms with van der Waals surface area (Å²) in [5.74, 6) is 0.490. The third-order valence-electron chi connectivity index (χ3n) is 3.97. The van der Waals surface area contributed by atoms with Crippen molar-refractivity contribution < 1.29 is 0 Å². The minimum Gasteiger partial charge on any atom is -0.253 e. The van der Waals surface area contributed by atoms with E-state index in [1.165, 1.54) is 4.68 Å². The van der Waals surface area contributed by atoms with Crippen LogP contribution in [0.25, 0.3) is 5.95 Å². The monoisotopic (exact) mass is 392 g/mol. The molecular weight excluding hydrogens is 372 g/mol. The standard InChI is InChI=1S/C16H21ClN8S/c1-5-6-7-23-14(17)13(12(4)22-23)9-18-25-15(19-20-16(25)26)24-11(3)8-10(2)21-24/h8-9H,5-7H2,1-4H3,(H,20,26). The zero-order valence-electron chi connectivity index (χ0n) is 15.2. The summed E-state index contributed by atoms with van der Waals surface area (Å²) < 4.78 is 5.39. The second-order valence-electron chi connectivity index (χ2n) is 6.09. The minimum absolute atomic E-state index is 0.371. The van der Waals surface area contributed by atoms with Gasteiger partial charge in [0.15, 0.2) is 0 Å². The fourth-order valence-electron chi connectivity index (χ4n) is 2.64. The van der Waals surface area contributed by atoms with Crippen LogP contribution < -0.4 is 0 Å². The number of aromatic nitrogens is 7. The van der Waals surface area contributed by atoms with E-state index in [0.717, 1.165) is 42.0 Å². The smallest absolute Gasteiger partial charge is 0.253 e. The Morgan fingerprint density at radius 1 is 1.31 bits per heavy atom. The maximum absolute atomic E-state index is 6.46. The van der Waals surface area contributed by atoms with Gasteiger partial charge in [-0.15, -0.1) is 5.10 Å². The topological polar surface area (TPSA) is 81.6 Å². The summed E-state index contributed by atoms with van der Waals surface area (Å²) in [6, 6.07) is 1.96. The lowest BCUT2D eigenvalue weighted by Crippen LogP contribution is -2.07. The number of H-pyrrole nitrogens is 1. The third-order valence-corrected chi connectivity index (χ3v) is 4.63. The van der Waals surface area contributed by atoms with Crippen LogP contribution in [0.2, 0.25) is 5.15 Å². The van der Waals surface area contributed by atoms with Gasteiger partial charge >= 0.3 is 0 Å². The third kappa shape index (κ3) is 3.49. The molecule has 3 aromatic heterocycles. The van der Waals surface area contributed by atoms with Crippen LogP contribution in [0.3, 0.4) is 0 Å². The van der Waals surface area contributed by atoms with E-state index in [1.807, 2.05) is 26.8 Å². The van der Waals surface area contributed by atoms with E-state index in [-0.39, 0.29) is 0 Å². The van der Waals surface area contributed by atoms with Gasteiger partial charge in [0, 0.05) is 12.2 Å². The lowest BCUT2D eigenvalue weighted by molar-refractivity contribution is 0.569. The average molecular weight is 393 g/mol. The van der Waals surface area contributed by atoms with Gasteiger partial charge < -0.3 is 0 Å². The first kappa shape index (κ1) is 18.5. The van der Waals surface area contributed by atoms with Crippen LogP contribution in [-0.2, 0) is 6.54 Å². The summed E-state index contributed by atoms with van der Waals surface area (Å²) in [5, 5.41) is 21.0. The highest BCUT2D eigenvalue weighted by Gasteiger charge is 2.14. The van der Waals surface area contributed by atoms with Crippen molar-refractivity contribution in [1.82, 2.24) is 34.4 Å². The van der Waals surface area contributed by atoms with Crippen molar-refractivity contribution in [2.75, 3.05) is 0 Å². The van der Waals surface area contributed by atoms with E-state index >= 15 is 0 Å². The summed E-state index contributed by atoms with van der Waals surface area (Å²) in [5.41, 5.74) is 3.42. The molecule has 1 N–H and O–H groups in total. The van der Waals surface area contributed by atoms with Gasteiger partial charge in [0.05, 0.1) is 23.2 Å². The Morgan fingerprint density at radius 3 is 2.73 bits per heavy atom. The Labute approximate surface area is 161 Å². The molecule has 0 amide bonds. The Morgan fingerprint density at radius 2 is 2.08 bits per heavy atom. The second-order valence-corrected chi connectivity index (χ2v) is 6.84. The minimum atomic E-state index is 0.371. The highest BCUT2D eigenvalue weighted by atomic mass is 35.5. The van der Waals surface area contributed by atoms with Gasteiger partial charge in [0.25, 0.3) is 5.95 Å². The summed E-state index contributed by atoms with van der Waals surface area (Å²) in [6.07, 6.45) is 3.76. The first-order valence-electron chi connectivity index (χ1n) is 8.40. The van der Waals surface area contributed by atoms with Crippen LogP contribution >= 0.6 is 23.8 Å². The van der Waals surface area contributed by atoms with Crippen molar-refractivity contribution in [3.63, 3.8) is 0 Å². The van der Waals surface area contributed by atoms with Gasteiger partial charge in [-0.3, -0.25) is 4.68 Å².